The fourth-order valence-electron chi connectivity index (χ4n) is 4.62. The van der Waals surface area contributed by atoms with E-state index >= 15 is 0 Å². The third-order valence-corrected chi connectivity index (χ3v) is 6.61. The number of aromatic nitrogens is 2. The smallest absolute Gasteiger partial charge is 0.381 e. The normalized spacial score (nSPS) is 23.8. The number of hydrogen-bond donors (Lipinski definition) is 2. The summed E-state index contributed by atoms with van der Waals surface area (Å²) in [7, 11) is 0. The van der Waals surface area contributed by atoms with Crippen LogP contribution in [0.1, 0.15) is 19.3 Å². The molecule has 2 saturated heterocycles. The van der Waals surface area contributed by atoms with Gasteiger partial charge in [0, 0.05) is 35.4 Å². The highest BCUT2D eigenvalue weighted by atomic mass is 35.5. The van der Waals surface area contributed by atoms with Crippen LogP contribution in [0, 0.1) is 11.7 Å². The molecule has 7 nitrogen and oxygen atoms in total. The lowest BCUT2D eigenvalue weighted by Gasteiger charge is -2.47. The monoisotopic (exact) mass is 520 g/mol. The van der Waals surface area contributed by atoms with E-state index < -0.39 is 41.7 Å². The molecule has 0 radical (unpaired) electrons. The molecule has 0 spiro atoms. The van der Waals surface area contributed by atoms with Crippen LogP contribution in [0.15, 0.2) is 24.5 Å². The molecule has 1 amide bonds. The van der Waals surface area contributed by atoms with E-state index in [4.69, 9.17) is 28.9 Å². The van der Waals surface area contributed by atoms with Gasteiger partial charge in [-0.3, -0.25) is 4.79 Å². The highest BCUT2D eigenvalue weighted by molar-refractivity contribution is 6.35. The molecule has 0 saturated carbocycles. The third-order valence-electron chi connectivity index (χ3n) is 6.18. The topological polar surface area (TPSA) is 87.4 Å². The highest BCUT2D eigenvalue weighted by Gasteiger charge is 2.51. The number of halogens is 6. The van der Waals surface area contributed by atoms with Crippen LogP contribution in [0.2, 0.25) is 10.0 Å². The summed E-state index contributed by atoms with van der Waals surface area (Å²) in [6, 6.07) is 2.74. The minimum atomic E-state index is -4.53. The number of piperidine rings is 2. The van der Waals surface area contributed by atoms with Crippen LogP contribution in [0.4, 0.5) is 34.9 Å². The number of anilines is 3. The quantitative estimate of drug-likeness (QED) is 0.582. The second-order valence-electron chi connectivity index (χ2n) is 8.38. The zero-order valence-electron chi connectivity index (χ0n) is 17.8. The van der Waals surface area contributed by atoms with E-state index in [2.05, 4.69) is 15.3 Å². The van der Waals surface area contributed by atoms with E-state index in [0.717, 1.165) is 6.33 Å². The van der Waals surface area contributed by atoms with Crippen LogP contribution in [0.25, 0.3) is 0 Å². The van der Waals surface area contributed by atoms with E-state index in [1.807, 2.05) is 0 Å². The number of hydrogen-bond acceptors (Lipinski definition) is 6. The molecule has 0 unspecified atom stereocenters. The predicted octanol–water partition coefficient (Wildman–Crippen LogP) is 4.37. The summed E-state index contributed by atoms with van der Waals surface area (Å²) in [6.07, 6.45) is -2.86. The standard InChI is InChI=1S/C21H22Cl2F4N6O/c22-11-6-12(23)8-13(7-11)31-15-2-1-4-33(20(15)34)16-9-32(5-3-14(16)21(25,26)27)19-17(24)18(28)29-10-30-19/h6-8,10,14-16,31H,1-5,9H2,(H2,28,29,30)/t14-,15+,16-/m1/s1. The molecule has 2 aromatic rings. The number of amides is 1. The van der Waals surface area contributed by atoms with Gasteiger partial charge in [0.25, 0.3) is 0 Å². The van der Waals surface area contributed by atoms with Crippen LogP contribution >= 0.6 is 23.2 Å². The molecule has 2 fully saturated rings. The number of nitrogen functional groups attached to an aromatic ring is 1. The number of carbonyl (C=O) groups excluding carboxylic acids is 1. The van der Waals surface area contributed by atoms with Gasteiger partial charge in [0.1, 0.15) is 12.4 Å². The molecule has 34 heavy (non-hydrogen) atoms. The molecule has 0 aliphatic carbocycles. The van der Waals surface area contributed by atoms with Crippen molar-refractivity contribution in [1.82, 2.24) is 14.9 Å². The molecule has 2 aliphatic heterocycles. The Balaban J connectivity index is 1.59. The molecule has 184 valence electrons. The number of nitrogens with one attached hydrogen (secondary N) is 1. The first-order valence-electron chi connectivity index (χ1n) is 10.7. The number of nitrogens with zero attached hydrogens (tertiary/aromatic N) is 4. The lowest BCUT2D eigenvalue weighted by atomic mass is 9.87. The minimum absolute atomic E-state index is 0.0846. The number of nitrogens with two attached hydrogens (primary N) is 1. The summed E-state index contributed by atoms with van der Waals surface area (Å²) in [5, 5.41) is 3.77. The summed E-state index contributed by atoms with van der Waals surface area (Å²) in [4.78, 5) is 23.4. The zero-order chi connectivity index (χ0) is 24.6. The van der Waals surface area contributed by atoms with Crippen LogP contribution in [0.3, 0.4) is 0 Å². The number of alkyl halides is 3. The molecule has 1 aromatic heterocycles. The van der Waals surface area contributed by atoms with E-state index in [0.29, 0.717) is 28.6 Å². The van der Waals surface area contributed by atoms with Crippen LogP contribution in [-0.4, -0.2) is 58.7 Å². The molecular formula is C21H22Cl2F4N6O. The zero-order valence-corrected chi connectivity index (χ0v) is 19.3. The predicted molar refractivity (Wildman–Crippen MR) is 121 cm³/mol. The maximum Gasteiger partial charge on any atom is 0.393 e. The Kier molecular flexibility index (Phi) is 6.95. The van der Waals surface area contributed by atoms with Gasteiger partial charge in [-0.25, -0.2) is 9.97 Å². The second-order valence-corrected chi connectivity index (χ2v) is 9.25. The Hall–Kier alpha value is -2.53. The van der Waals surface area contributed by atoms with Crippen molar-refractivity contribution in [1.29, 1.82) is 0 Å². The Morgan fingerprint density at radius 2 is 1.79 bits per heavy atom. The Labute approximate surface area is 203 Å². The van der Waals surface area contributed by atoms with Gasteiger partial charge in [0.15, 0.2) is 11.6 Å². The third kappa shape index (κ3) is 5.10. The SMILES string of the molecule is Nc1ncnc(N2CC[C@@H](C(F)(F)F)[C@H](N3CCC[C@H](Nc4cc(Cl)cc(Cl)c4)C3=O)C2)c1F. The lowest BCUT2D eigenvalue weighted by Crippen LogP contribution is -2.62. The number of benzene rings is 1. The number of likely N-dealkylation sites (tertiary alicyclic amines) is 1. The van der Waals surface area contributed by atoms with E-state index in [-0.39, 0.29) is 31.9 Å². The maximum atomic E-state index is 14.5. The lowest BCUT2D eigenvalue weighted by molar-refractivity contribution is -0.197. The van der Waals surface area contributed by atoms with Crippen LogP contribution < -0.4 is 16.0 Å². The fourth-order valence-corrected chi connectivity index (χ4v) is 5.14. The Morgan fingerprint density at radius 3 is 2.47 bits per heavy atom. The van der Waals surface area contributed by atoms with Gasteiger partial charge in [-0.1, -0.05) is 23.2 Å². The van der Waals surface area contributed by atoms with Gasteiger partial charge in [0.05, 0.1) is 12.0 Å². The average Bonchev–Trinajstić information content (AvgIpc) is 2.75. The minimum Gasteiger partial charge on any atom is -0.381 e. The van der Waals surface area contributed by atoms with Crippen LogP contribution in [-0.2, 0) is 4.79 Å². The summed E-state index contributed by atoms with van der Waals surface area (Å²) in [5.74, 6) is -3.68. The Bertz CT molecular complexity index is 1050. The molecular weight excluding hydrogens is 499 g/mol. The van der Waals surface area contributed by atoms with Crippen molar-refractivity contribution in [2.75, 3.05) is 35.6 Å². The van der Waals surface area contributed by atoms with E-state index in [1.54, 1.807) is 12.1 Å². The van der Waals surface area contributed by atoms with Crippen molar-refractivity contribution < 1.29 is 22.4 Å². The molecule has 2 aliphatic rings. The van der Waals surface area contributed by atoms with Crippen molar-refractivity contribution >= 4 is 46.4 Å². The summed E-state index contributed by atoms with van der Waals surface area (Å²) in [5.41, 5.74) is 6.01. The second kappa shape index (κ2) is 9.61. The van der Waals surface area contributed by atoms with Gasteiger partial charge in [-0.05, 0) is 37.5 Å². The molecule has 4 rings (SSSR count). The first-order chi connectivity index (χ1) is 16.0. The number of carbonyl (C=O) groups is 1. The van der Waals surface area contributed by atoms with Gasteiger partial charge < -0.3 is 20.9 Å². The van der Waals surface area contributed by atoms with E-state index in [9.17, 15) is 22.4 Å². The molecule has 3 atom stereocenters. The van der Waals surface area contributed by atoms with Gasteiger partial charge in [-0.2, -0.15) is 17.6 Å². The van der Waals surface area contributed by atoms with Crippen LogP contribution in [0.5, 0.6) is 0 Å². The van der Waals surface area contributed by atoms with Gasteiger partial charge in [0.2, 0.25) is 11.7 Å². The largest absolute Gasteiger partial charge is 0.393 e. The average molecular weight is 521 g/mol. The molecule has 0 bridgehead atoms. The Morgan fingerprint density at radius 1 is 1.09 bits per heavy atom. The summed E-state index contributed by atoms with van der Waals surface area (Å²) < 4.78 is 56.4. The van der Waals surface area contributed by atoms with Gasteiger partial charge in [-0.15, -0.1) is 0 Å². The number of rotatable bonds is 4. The van der Waals surface area contributed by atoms with Crippen molar-refractivity contribution in [3.8, 4) is 0 Å². The molecule has 3 N–H and O–H groups in total. The van der Waals surface area contributed by atoms with Crippen molar-refractivity contribution in [2.24, 2.45) is 5.92 Å². The van der Waals surface area contributed by atoms with Gasteiger partial charge >= 0.3 is 6.18 Å². The molecule has 1 aromatic carbocycles. The van der Waals surface area contributed by atoms with E-state index in [1.165, 1.54) is 15.9 Å². The summed E-state index contributed by atoms with van der Waals surface area (Å²) >= 11 is 12.0. The highest BCUT2D eigenvalue weighted by Crippen LogP contribution is 2.39. The maximum absolute atomic E-state index is 14.5. The first kappa shape index (κ1) is 24.6. The van der Waals surface area contributed by atoms with Crippen molar-refractivity contribution in [3.05, 3.63) is 40.4 Å². The first-order valence-corrected chi connectivity index (χ1v) is 11.4. The molecule has 13 heteroatoms. The molecule has 3 heterocycles. The summed E-state index contributed by atoms with van der Waals surface area (Å²) in [6.45, 7) is -0.162. The van der Waals surface area contributed by atoms with Crippen molar-refractivity contribution in [3.63, 3.8) is 0 Å². The fraction of sp³-hybridized carbons (Fsp3) is 0.476. The van der Waals surface area contributed by atoms with Crippen molar-refractivity contribution in [2.45, 2.75) is 37.5 Å².